The van der Waals surface area contributed by atoms with Gasteiger partial charge in [-0.3, -0.25) is 4.79 Å². The van der Waals surface area contributed by atoms with E-state index in [9.17, 15) is 4.79 Å². The Kier molecular flexibility index (Phi) is 4.81. The van der Waals surface area contributed by atoms with Crippen molar-refractivity contribution in [1.29, 1.82) is 0 Å². The highest BCUT2D eigenvalue weighted by atomic mass is 16.6. The van der Waals surface area contributed by atoms with Crippen LogP contribution in [0, 0.1) is 0 Å². The third kappa shape index (κ3) is 4.03. The van der Waals surface area contributed by atoms with Crippen LogP contribution in [0.1, 0.15) is 31.4 Å². The van der Waals surface area contributed by atoms with Gasteiger partial charge in [0.2, 0.25) is 5.91 Å². The maximum Gasteiger partial charge on any atom is 0.220 e. The van der Waals surface area contributed by atoms with Crippen LogP contribution in [0.5, 0.6) is 11.5 Å². The molecule has 0 spiro atoms. The van der Waals surface area contributed by atoms with Gasteiger partial charge in [0.1, 0.15) is 12.7 Å². The number of rotatable bonds is 5. The topological polar surface area (TPSA) is 47.6 Å². The number of amides is 1. The Morgan fingerprint density at radius 3 is 2.61 bits per heavy atom. The van der Waals surface area contributed by atoms with Gasteiger partial charge in [0.15, 0.2) is 11.5 Å². The molecule has 2 atom stereocenters. The van der Waals surface area contributed by atoms with Gasteiger partial charge in [0.05, 0.1) is 6.04 Å². The molecule has 1 amide bonds. The van der Waals surface area contributed by atoms with Crippen LogP contribution in [0.2, 0.25) is 0 Å². The molecule has 0 saturated carbocycles. The van der Waals surface area contributed by atoms with E-state index >= 15 is 0 Å². The molecule has 2 aromatic rings. The summed E-state index contributed by atoms with van der Waals surface area (Å²) in [5, 5.41) is 3.02. The zero-order chi connectivity index (χ0) is 16.1. The average molecular weight is 311 g/mol. The third-order valence-corrected chi connectivity index (χ3v) is 3.94. The fourth-order valence-corrected chi connectivity index (χ4v) is 2.64. The largest absolute Gasteiger partial charge is 0.486 e. The van der Waals surface area contributed by atoms with Crippen molar-refractivity contribution < 1.29 is 14.3 Å². The van der Waals surface area contributed by atoms with E-state index < -0.39 is 0 Å². The molecule has 0 saturated heterocycles. The first-order chi connectivity index (χ1) is 11.2. The molecular weight excluding hydrogens is 290 g/mol. The summed E-state index contributed by atoms with van der Waals surface area (Å²) in [6.07, 6.45) is 0.984. The zero-order valence-corrected chi connectivity index (χ0v) is 13.2. The molecule has 23 heavy (non-hydrogen) atoms. The minimum absolute atomic E-state index is 0.00736. The monoisotopic (exact) mass is 311 g/mol. The van der Waals surface area contributed by atoms with E-state index in [2.05, 4.69) is 5.32 Å². The van der Waals surface area contributed by atoms with Crippen LogP contribution in [-0.2, 0) is 4.79 Å². The van der Waals surface area contributed by atoms with Crippen LogP contribution in [0.4, 0.5) is 0 Å². The maximum absolute atomic E-state index is 12.1. The van der Waals surface area contributed by atoms with Gasteiger partial charge >= 0.3 is 0 Å². The smallest absolute Gasteiger partial charge is 0.220 e. The first-order valence-corrected chi connectivity index (χ1v) is 7.95. The van der Waals surface area contributed by atoms with E-state index in [1.807, 2.05) is 61.5 Å². The number of benzene rings is 2. The summed E-state index contributed by atoms with van der Waals surface area (Å²) in [6.45, 7) is 2.47. The summed E-state index contributed by atoms with van der Waals surface area (Å²) >= 11 is 0. The van der Waals surface area contributed by atoms with Crippen LogP contribution < -0.4 is 14.8 Å². The molecule has 1 aliphatic heterocycles. The second-order valence-corrected chi connectivity index (χ2v) is 5.74. The van der Waals surface area contributed by atoms with Gasteiger partial charge in [-0.2, -0.15) is 0 Å². The first kappa shape index (κ1) is 15.4. The molecule has 2 aromatic carbocycles. The Morgan fingerprint density at radius 2 is 1.83 bits per heavy atom. The van der Waals surface area contributed by atoms with Crippen molar-refractivity contribution in [2.24, 2.45) is 0 Å². The Hall–Kier alpha value is -2.49. The summed E-state index contributed by atoms with van der Waals surface area (Å²) in [5.41, 5.74) is 1.10. The van der Waals surface area contributed by atoms with Crippen LogP contribution >= 0.6 is 0 Å². The molecule has 0 aromatic heterocycles. The van der Waals surface area contributed by atoms with Gasteiger partial charge < -0.3 is 14.8 Å². The lowest BCUT2D eigenvalue weighted by Gasteiger charge is -2.26. The first-order valence-electron chi connectivity index (χ1n) is 7.95. The standard InChI is InChI=1S/C19H21NO3/c1-14(15-7-3-2-4-8-15)20-19(21)12-11-16-13-22-17-9-5-6-10-18(17)23-16/h2-10,14,16H,11-13H2,1H3,(H,20,21)/t14-,16-/m1/s1. The molecule has 0 radical (unpaired) electrons. The Balaban J connectivity index is 1.47. The number of hydrogen-bond donors (Lipinski definition) is 1. The summed E-state index contributed by atoms with van der Waals surface area (Å²) < 4.78 is 11.5. The van der Waals surface area contributed by atoms with Gasteiger partial charge in [-0.25, -0.2) is 0 Å². The lowest BCUT2D eigenvalue weighted by atomic mass is 10.1. The van der Waals surface area contributed by atoms with Crippen molar-refractivity contribution in [3.05, 3.63) is 60.2 Å². The second kappa shape index (κ2) is 7.18. The van der Waals surface area contributed by atoms with Crippen molar-refractivity contribution >= 4 is 5.91 Å². The molecule has 4 heteroatoms. The van der Waals surface area contributed by atoms with E-state index in [4.69, 9.17) is 9.47 Å². The van der Waals surface area contributed by atoms with Crippen LogP contribution in [-0.4, -0.2) is 18.6 Å². The summed E-state index contributed by atoms with van der Waals surface area (Å²) in [6, 6.07) is 17.6. The van der Waals surface area contributed by atoms with Gasteiger partial charge in [0.25, 0.3) is 0 Å². The Morgan fingerprint density at radius 1 is 1.13 bits per heavy atom. The van der Waals surface area contributed by atoms with E-state index in [1.54, 1.807) is 0 Å². The van der Waals surface area contributed by atoms with Crippen LogP contribution in [0.15, 0.2) is 54.6 Å². The predicted molar refractivity (Wildman–Crippen MR) is 88.6 cm³/mol. The van der Waals surface area contributed by atoms with E-state index in [-0.39, 0.29) is 18.1 Å². The van der Waals surface area contributed by atoms with Crippen molar-refractivity contribution in [2.75, 3.05) is 6.61 Å². The molecular formula is C19H21NO3. The molecule has 120 valence electrons. The van der Waals surface area contributed by atoms with E-state index in [1.165, 1.54) is 0 Å². The molecule has 1 heterocycles. The molecule has 1 aliphatic rings. The average Bonchev–Trinajstić information content (AvgIpc) is 2.60. The van der Waals surface area contributed by atoms with Crippen molar-refractivity contribution in [3.8, 4) is 11.5 Å². The molecule has 1 N–H and O–H groups in total. The highest BCUT2D eigenvalue weighted by Gasteiger charge is 2.21. The molecule has 3 rings (SSSR count). The van der Waals surface area contributed by atoms with Crippen molar-refractivity contribution in [3.63, 3.8) is 0 Å². The number of nitrogens with one attached hydrogen (secondary N) is 1. The molecule has 0 bridgehead atoms. The maximum atomic E-state index is 12.1. The molecule has 4 nitrogen and oxygen atoms in total. The summed E-state index contributed by atoms with van der Waals surface area (Å²) in [5.74, 6) is 1.55. The number of para-hydroxylation sites is 2. The lowest BCUT2D eigenvalue weighted by Crippen LogP contribution is -2.32. The minimum atomic E-state index is -0.0809. The second-order valence-electron chi connectivity index (χ2n) is 5.74. The lowest BCUT2D eigenvalue weighted by molar-refractivity contribution is -0.122. The van der Waals surface area contributed by atoms with E-state index in [0.29, 0.717) is 19.4 Å². The number of ether oxygens (including phenoxy) is 2. The zero-order valence-electron chi connectivity index (χ0n) is 13.2. The predicted octanol–water partition coefficient (Wildman–Crippen LogP) is 3.48. The molecule has 0 fully saturated rings. The summed E-state index contributed by atoms with van der Waals surface area (Å²) in [4.78, 5) is 12.1. The third-order valence-electron chi connectivity index (χ3n) is 3.94. The highest BCUT2D eigenvalue weighted by molar-refractivity contribution is 5.76. The fraction of sp³-hybridized carbons (Fsp3) is 0.316. The molecule has 0 aliphatic carbocycles. The van der Waals surface area contributed by atoms with Crippen molar-refractivity contribution in [2.45, 2.75) is 31.9 Å². The van der Waals surface area contributed by atoms with Gasteiger partial charge in [-0.15, -0.1) is 0 Å². The normalized spacial score (nSPS) is 17.3. The van der Waals surface area contributed by atoms with Crippen LogP contribution in [0.25, 0.3) is 0 Å². The minimum Gasteiger partial charge on any atom is -0.486 e. The molecule has 0 unspecified atom stereocenters. The SMILES string of the molecule is C[C@@H](NC(=O)CC[C@@H]1COc2ccccc2O1)c1ccccc1. The Labute approximate surface area is 136 Å². The Bertz CT molecular complexity index is 657. The number of hydrogen-bond acceptors (Lipinski definition) is 3. The number of carbonyl (C=O) groups excluding carboxylic acids is 1. The quantitative estimate of drug-likeness (QED) is 0.919. The van der Waals surface area contributed by atoms with E-state index in [0.717, 1.165) is 17.1 Å². The fourth-order valence-electron chi connectivity index (χ4n) is 2.64. The number of carbonyl (C=O) groups is 1. The summed E-state index contributed by atoms with van der Waals surface area (Å²) in [7, 11) is 0. The highest BCUT2D eigenvalue weighted by Crippen LogP contribution is 2.31. The van der Waals surface area contributed by atoms with Gasteiger partial charge in [-0.1, -0.05) is 42.5 Å². The van der Waals surface area contributed by atoms with Crippen molar-refractivity contribution in [1.82, 2.24) is 5.32 Å². The van der Waals surface area contributed by atoms with Crippen LogP contribution in [0.3, 0.4) is 0 Å². The number of fused-ring (bicyclic) bond motifs is 1. The van der Waals surface area contributed by atoms with Gasteiger partial charge in [-0.05, 0) is 31.0 Å². The van der Waals surface area contributed by atoms with Gasteiger partial charge in [0, 0.05) is 6.42 Å².